The number of Topliss-reactive ketones (excluding diaryl/α,β-unsaturated/α-hetero) is 1. The van der Waals surface area contributed by atoms with E-state index in [2.05, 4.69) is 12.2 Å². The van der Waals surface area contributed by atoms with Gasteiger partial charge in [0.05, 0.1) is 25.2 Å². The van der Waals surface area contributed by atoms with Gasteiger partial charge >= 0.3 is 0 Å². The fourth-order valence-corrected chi connectivity index (χ4v) is 4.34. The second kappa shape index (κ2) is 11.7. The summed E-state index contributed by atoms with van der Waals surface area (Å²) in [7, 11) is 2.76. The van der Waals surface area contributed by atoms with Gasteiger partial charge in [0, 0.05) is 44.7 Å². The van der Waals surface area contributed by atoms with E-state index in [1.165, 1.54) is 31.0 Å². The van der Waals surface area contributed by atoms with Gasteiger partial charge in [-0.25, -0.2) is 8.78 Å². The third kappa shape index (κ3) is 5.49. The van der Waals surface area contributed by atoms with Crippen molar-refractivity contribution >= 4 is 11.7 Å². The third-order valence-corrected chi connectivity index (χ3v) is 6.64. The van der Waals surface area contributed by atoms with Gasteiger partial charge in [-0.05, 0) is 25.8 Å². The smallest absolute Gasteiger partial charge is 0.257 e. The molecule has 2 atom stereocenters. The lowest BCUT2D eigenvalue weighted by atomic mass is 9.73. The zero-order valence-corrected chi connectivity index (χ0v) is 21.0. The van der Waals surface area contributed by atoms with Crippen LogP contribution in [0.3, 0.4) is 0 Å². The Bertz CT molecular complexity index is 1180. The number of nitrogens with zero attached hydrogens (tertiary/aromatic N) is 1. The van der Waals surface area contributed by atoms with Crippen LogP contribution < -0.4 is 15.5 Å². The fraction of sp³-hybridized carbons (Fsp3) is 0.500. The Morgan fingerprint density at radius 3 is 2.61 bits per heavy atom. The SMILES string of the molecule is CCCCOCCC1(C)C(=O)c2c(OC)c(=O)c(C(=O)NCc3ccc(F)cc3F)cn2CC1OC. The number of fused-ring (bicyclic) bond motifs is 1. The Hall–Kier alpha value is -3.11. The molecule has 36 heavy (non-hydrogen) atoms. The van der Waals surface area contributed by atoms with Crippen LogP contribution in [-0.2, 0) is 22.6 Å². The van der Waals surface area contributed by atoms with E-state index in [-0.39, 0.29) is 41.4 Å². The predicted molar refractivity (Wildman–Crippen MR) is 128 cm³/mol. The van der Waals surface area contributed by atoms with Crippen LogP contribution in [0, 0.1) is 17.0 Å². The van der Waals surface area contributed by atoms with Gasteiger partial charge in [-0.15, -0.1) is 0 Å². The molecule has 0 saturated heterocycles. The minimum Gasteiger partial charge on any atom is -0.491 e. The second-order valence-electron chi connectivity index (χ2n) is 9.01. The first-order valence-corrected chi connectivity index (χ1v) is 11.9. The highest BCUT2D eigenvalue weighted by Crippen LogP contribution is 2.39. The van der Waals surface area contributed by atoms with E-state index < -0.39 is 34.5 Å². The van der Waals surface area contributed by atoms with Gasteiger partial charge in [-0.2, -0.15) is 0 Å². The average Bonchev–Trinajstić information content (AvgIpc) is 2.85. The summed E-state index contributed by atoms with van der Waals surface area (Å²) in [4.78, 5) is 39.7. The first-order chi connectivity index (χ1) is 17.2. The number of amides is 1. The summed E-state index contributed by atoms with van der Waals surface area (Å²) in [5.74, 6) is -2.92. The van der Waals surface area contributed by atoms with Gasteiger partial charge in [-0.1, -0.05) is 19.4 Å². The van der Waals surface area contributed by atoms with Crippen molar-refractivity contribution in [1.29, 1.82) is 0 Å². The number of hydrogen-bond acceptors (Lipinski definition) is 6. The normalized spacial score (nSPS) is 19.2. The highest BCUT2D eigenvalue weighted by molar-refractivity contribution is 6.03. The molecule has 0 bridgehead atoms. The Morgan fingerprint density at radius 1 is 1.22 bits per heavy atom. The summed E-state index contributed by atoms with van der Waals surface area (Å²) in [5.41, 5.74) is -1.88. The maximum Gasteiger partial charge on any atom is 0.257 e. The van der Waals surface area contributed by atoms with E-state index in [1.807, 2.05) is 0 Å². The molecule has 0 fully saturated rings. The van der Waals surface area contributed by atoms with Crippen LogP contribution in [0.4, 0.5) is 8.78 Å². The Labute approximate surface area is 208 Å². The number of ketones is 1. The van der Waals surface area contributed by atoms with Crippen LogP contribution in [0.5, 0.6) is 5.75 Å². The fourth-order valence-electron chi connectivity index (χ4n) is 4.34. The molecule has 1 aromatic heterocycles. The lowest BCUT2D eigenvalue weighted by Gasteiger charge is -2.41. The molecule has 1 N–H and O–H groups in total. The molecule has 196 valence electrons. The molecule has 0 spiro atoms. The van der Waals surface area contributed by atoms with Gasteiger partial charge in [0.15, 0.2) is 11.5 Å². The molecular formula is C26H32F2N2O6. The molecule has 1 amide bonds. The van der Waals surface area contributed by atoms with Crippen molar-refractivity contribution < 1.29 is 32.6 Å². The molecule has 2 heterocycles. The molecule has 10 heteroatoms. The zero-order valence-electron chi connectivity index (χ0n) is 21.0. The van der Waals surface area contributed by atoms with Gasteiger partial charge in [0.2, 0.25) is 5.43 Å². The quantitative estimate of drug-likeness (QED) is 0.469. The number of nitrogens with one attached hydrogen (secondary N) is 1. The number of carbonyl (C=O) groups excluding carboxylic acids is 2. The van der Waals surface area contributed by atoms with Crippen molar-refractivity contribution in [3.63, 3.8) is 0 Å². The van der Waals surface area contributed by atoms with Gasteiger partial charge in [-0.3, -0.25) is 14.4 Å². The van der Waals surface area contributed by atoms with Crippen molar-refractivity contribution in [2.24, 2.45) is 5.41 Å². The van der Waals surface area contributed by atoms with Crippen LogP contribution in [0.1, 0.15) is 59.5 Å². The summed E-state index contributed by atoms with van der Waals surface area (Å²) in [6.07, 6.45) is 3.06. The Morgan fingerprint density at radius 2 is 1.97 bits per heavy atom. The van der Waals surface area contributed by atoms with E-state index in [1.54, 1.807) is 6.92 Å². The number of ether oxygens (including phenoxy) is 3. The molecule has 1 aromatic carbocycles. The molecule has 0 radical (unpaired) electrons. The molecule has 3 rings (SSSR count). The first-order valence-electron chi connectivity index (χ1n) is 11.9. The molecule has 1 aliphatic rings. The molecule has 8 nitrogen and oxygen atoms in total. The molecule has 0 saturated carbocycles. The van der Waals surface area contributed by atoms with E-state index >= 15 is 0 Å². The summed E-state index contributed by atoms with van der Waals surface area (Å²) in [6.45, 7) is 4.73. The van der Waals surface area contributed by atoms with Gasteiger partial charge in [0.1, 0.15) is 22.9 Å². The molecule has 0 aliphatic carbocycles. The Balaban J connectivity index is 1.90. The van der Waals surface area contributed by atoms with E-state index in [9.17, 15) is 23.2 Å². The monoisotopic (exact) mass is 506 g/mol. The third-order valence-electron chi connectivity index (χ3n) is 6.64. The molecule has 1 aliphatic heterocycles. The van der Waals surface area contributed by atoms with Crippen LogP contribution in [0.2, 0.25) is 0 Å². The topological polar surface area (TPSA) is 95.9 Å². The molecule has 2 aromatic rings. The second-order valence-corrected chi connectivity index (χ2v) is 9.01. The van der Waals surface area contributed by atoms with Crippen molar-refractivity contribution in [1.82, 2.24) is 9.88 Å². The van der Waals surface area contributed by atoms with E-state index in [0.717, 1.165) is 18.9 Å². The number of methoxy groups -OCH3 is 2. The molecule has 2 unspecified atom stereocenters. The predicted octanol–water partition coefficient (Wildman–Crippen LogP) is 3.49. The highest BCUT2D eigenvalue weighted by Gasteiger charge is 2.48. The van der Waals surface area contributed by atoms with Crippen LogP contribution in [-0.4, -0.2) is 49.8 Å². The number of unbranched alkanes of at least 4 members (excludes halogenated alkanes) is 1. The van der Waals surface area contributed by atoms with Crippen LogP contribution in [0.15, 0.2) is 29.2 Å². The molecular weight excluding hydrogens is 474 g/mol. The average molecular weight is 507 g/mol. The van der Waals surface area contributed by atoms with E-state index in [4.69, 9.17) is 14.2 Å². The number of halogens is 2. The number of benzene rings is 1. The standard InChI is InChI=1S/C26H32F2N2O6/c1-5-6-10-36-11-9-26(2)20(34-3)15-30-14-18(22(31)23(35-4)21(30)24(26)32)25(33)29-13-16-7-8-17(27)12-19(16)28/h7-8,12,14,20H,5-6,9-11,13,15H2,1-4H3,(H,29,33). The summed E-state index contributed by atoms with van der Waals surface area (Å²) >= 11 is 0. The minimum absolute atomic E-state index is 0.0568. The van der Waals surface area contributed by atoms with Gasteiger partial charge < -0.3 is 24.1 Å². The zero-order chi connectivity index (χ0) is 26.5. The summed E-state index contributed by atoms with van der Waals surface area (Å²) in [5, 5.41) is 2.47. The lowest BCUT2D eigenvalue weighted by molar-refractivity contribution is -0.0293. The van der Waals surface area contributed by atoms with E-state index in [0.29, 0.717) is 25.7 Å². The highest BCUT2D eigenvalue weighted by atomic mass is 19.1. The van der Waals surface area contributed by atoms with Crippen molar-refractivity contribution in [2.45, 2.75) is 52.3 Å². The number of rotatable bonds is 11. The number of aromatic nitrogens is 1. The summed E-state index contributed by atoms with van der Waals surface area (Å²) in [6, 6.07) is 2.99. The van der Waals surface area contributed by atoms with Crippen molar-refractivity contribution in [3.05, 3.63) is 63.1 Å². The Kier molecular flexibility index (Phi) is 8.97. The van der Waals surface area contributed by atoms with Crippen LogP contribution >= 0.6 is 0 Å². The van der Waals surface area contributed by atoms with Crippen molar-refractivity contribution in [2.75, 3.05) is 27.4 Å². The first kappa shape index (κ1) is 27.5. The summed E-state index contributed by atoms with van der Waals surface area (Å²) < 4.78 is 45.2. The van der Waals surface area contributed by atoms with Crippen molar-refractivity contribution in [3.8, 4) is 5.75 Å². The van der Waals surface area contributed by atoms with Gasteiger partial charge in [0.25, 0.3) is 5.91 Å². The largest absolute Gasteiger partial charge is 0.491 e. The van der Waals surface area contributed by atoms with Crippen LogP contribution in [0.25, 0.3) is 0 Å². The maximum absolute atomic E-state index is 13.9. The number of pyridine rings is 1. The lowest BCUT2D eigenvalue weighted by Crippen LogP contribution is -2.50. The minimum atomic E-state index is -0.968. The maximum atomic E-state index is 13.9. The number of hydrogen-bond donors (Lipinski definition) is 1. The number of carbonyl (C=O) groups is 2.